The summed E-state index contributed by atoms with van der Waals surface area (Å²) in [5, 5.41) is 43.9. The molecule has 0 aromatic heterocycles. The average Bonchev–Trinajstić information content (AvgIpc) is 3.08. The zero-order valence-corrected chi connectivity index (χ0v) is 25.0. The number of carbonyl (C=O) groups excluding carboxylic acids is 2. The van der Waals surface area contributed by atoms with E-state index in [0.29, 0.717) is 5.56 Å². The fourth-order valence-electron chi connectivity index (χ4n) is 4.62. The molecule has 0 bridgehead atoms. The number of carboxylic acids is 2. The molecule has 0 saturated carbocycles. The van der Waals surface area contributed by atoms with E-state index in [1.54, 1.807) is 24.3 Å². The van der Waals surface area contributed by atoms with Gasteiger partial charge in [0, 0.05) is 11.4 Å². The van der Waals surface area contributed by atoms with Gasteiger partial charge in [-0.25, -0.2) is 9.59 Å². The number of amides is 2. The zero-order valence-electron chi connectivity index (χ0n) is 25.0. The van der Waals surface area contributed by atoms with Crippen LogP contribution in [0.15, 0.2) is 109 Å². The minimum atomic E-state index is -1.41. The van der Waals surface area contributed by atoms with Gasteiger partial charge in [0.15, 0.2) is 0 Å². The third kappa shape index (κ3) is 7.87. The maximum Gasteiger partial charge on any atom is 0.339 e. The molecule has 0 atom stereocenters. The van der Waals surface area contributed by atoms with Crippen LogP contribution in [0, 0.1) is 0 Å². The molecule has 5 aromatic rings. The number of phenols is 2. The van der Waals surface area contributed by atoms with Crippen molar-refractivity contribution >= 4 is 35.1 Å². The summed E-state index contributed by atoms with van der Waals surface area (Å²) in [6.07, 6.45) is 0. The molecule has 0 spiro atoms. The molecule has 2 amide bonds. The highest BCUT2D eigenvalue weighted by atomic mass is 16.5. The first-order valence-electron chi connectivity index (χ1n) is 14.4. The molecule has 48 heavy (non-hydrogen) atoms. The molecule has 0 saturated heterocycles. The van der Waals surface area contributed by atoms with Crippen LogP contribution in [0.5, 0.6) is 23.0 Å². The highest BCUT2D eigenvalue weighted by molar-refractivity contribution is 6.13. The summed E-state index contributed by atoms with van der Waals surface area (Å²) in [5.74, 6) is -5.46. The standard InChI is InChI=1S/C36H28N2O10/c39-30-13-11-23(15-26(30)35(43)44)37-33(41)28-17-25(47-19-21-7-3-1-4-8-21)18-29(32(28)48-20-22-9-5-2-6-10-22)34(42)38-24-12-14-31(40)27(16-24)36(45)46/h1-18,39-40H,19-20H2,(H,37,41)(H,38,42)(H,43,44)(H,45,46). The molecule has 0 unspecified atom stereocenters. The number of carboxylic acid groups (broad SMARTS) is 2. The van der Waals surface area contributed by atoms with Gasteiger partial charge < -0.3 is 40.5 Å². The van der Waals surface area contributed by atoms with E-state index in [9.17, 15) is 39.6 Å². The lowest BCUT2D eigenvalue weighted by atomic mass is 10.0. The lowest BCUT2D eigenvalue weighted by molar-refractivity contribution is 0.0682. The van der Waals surface area contributed by atoms with Gasteiger partial charge in [0.2, 0.25) is 0 Å². The van der Waals surface area contributed by atoms with Crippen molar-refractivity contribution in [3.05, 3.63) is 143 Å². The average molecular weight is 649 g/mol. The number of aromatic hydroxyl groups is 2. The van der Waals surface area contributed by atoms with E-state index in [1.165, 1.54) is 24.3 Å². The predicted molar refractivity (Wildman–Crippen MR) is 174 cm³/mol. The Bertz CT molecular complexity index is 1900. The van der Waals surface area contributed by atoms with E-state index < -0.39 is 46.4 Å². The Morgan fingerprint density at radius 1 is 0.521 bits per heavy atom. The summed E-state index contributed by atoms with van der Waals surface area (Å²) in [4.78, 5) is 50.9. The van der Waals surface area contributed by atoms with Gasteiger partial charge in [0.05, 0.1) is 11.1 Å². The SMILES string of the molecule is O=C(O)c1cc(NC(=O)c2cc(OCc3ccccc3)cc(C(=O)Nc3ccc(O)c(C(=O)O)c3)c2OCc2ccccc2)ccc1O. The molecule has 6 N–H and O–H groups in total. The molecule has 0 fully saturated rings. The third-order valence-electron chi connectivity index (χ3n) is 7.00. The van der Waals surface area contributed by atoms with Gasteiger partial charge in [-0.05, 0) is 59.7 Å². The number of hydrogen-bond acceptors (Lipinski definition) is 8. The molecule has 0 aliphatic heterocycles. The molecule has 0 aliphatic carbocycles. The van der Waals surface area contributed by atoms with Gasteiger partial charge in [-0.15, -0.1) is 0 Å². The Balaban J connectivity index is 1.59. The summed E-state index contributed by atoms with van der Waals surface area (Å²) in [7, 11) is 0. The smallest absolute Gasteiger partial charge is 0.339 e. The Kier molecular flexibility index (Phi) is 9.85. The maximum absolute atomic E-state index is 13.8. The highest BCUT2D eigenvalue weighted by Crippen LogP contribution is 2.34. The number of rotatable bonds is 12. The molecule has 12 nitrogen and oxygen atoms in total. The van der Waals surface area contributed by atoms with E-state index in [-0.39, 0.29) is 47.2 Å². The van der Waals surface area contributed by atoms with Crippen LogP contribution in [-0.2, 0) is 13.2 Å². The first-order chi connectivity index (χ1) is 23.1. The summed E-state index contributed by atoms with van der Waals surface area (Å²) in [6, 6.07) is 27.8. The molecule has 12 heteroatoms. The van der Waals surface area contributed by atoms with Crippen LogP contribution in [0.1, 0.15) is 52.6 Å². The number of ether oxygens (including phenoxy) is 2. The topological polar surface area (TPSA) is 192 Å². The largest absolute Gasteiger partial charge is 0.507 e. The normalized spacial score (nSPS) is 10.5. The van der Waals surface area contributed by atoms with E-state index in [1.807, 2.05) is 36.4 Å². The number of aromatic carboxylic acids is 2. The second-order valence-corrected chi connectivity index (χ2v) is 10.4. The van der Waals surface area contributed by atoms with E-state index in [4.69, 9.17) is 9.47 Å². The van der Waals surface area contributed by atoms with Gasteiger partial charge in [-0.2, -0.15) is 0 Å². The molecule has 5 aromatic carbocycles. The van der Waals surface area contributed by atoms with Crippen LogP contribution in [0.3, 0.4) is 0 Å². The van der Waals surface area contributed by atoms with Gasteiger partial charge in [0.1, 0.15) is 47.3 Å². The van der Waals surface area contributed by atoms with Crippen molar-refractivity contribution in [3.63, 3.8) is 0 Å². The van der Waals surface area contributed by atoms with Crippen molar-refractivity contribution in [2.24, 2.45) is 0 Å². The van der Waals surface area contributed by atoms with E-state index in [0.717, 1.165) is 29.8 Å². The number of nitrogens with one attached hydrogen (secondary N) is 2. The van der Waals surface area contributed by atoms with Gasteiger partial charge >= 0.3 is 11.9 Å². The molecular weight excluding hydrogens is 620 g/mol. The summed E-state index contributed by atoms with van der Waals surface area (Å²) < 4.78 is 12.1. The molecule has 5 rings (SSSR count). The summed E-state index contributed by atoms with van der Waals surface area (Å²) in [6.45, 7) is 0.0173. The minimum Gasteiger partial charge on any atom is -0.507 e. The summed E-state index contributed by atoms with van der Waals surface area (Å²) in [5.41, 5.74) is 0.411. The van der Waals surface area contributed by atoms with Gasteiger partial charge in [-0.3, -0.25) is 9.59 Å². The second kappa shape index (κ2) is 14.5. The Labute approximate surface area is 273 Å². The van der Waals surface area contributed by atoms with Crippen molar-refractivity contribution in [2.75, 3.05) is 10.6 Å². The quantitative estimate of drug-likeness (QED) is 0.0854. The Hall–Kier alpha value is -6.82. The zero-order chi connectivity index (χ0) is 34.2. The molecule has 0 heterocycles. The van der Waals surface area contributed by atoms with Crippen LogP contribution in [0.25, 0.3) is 0 Å². The molecule has 0 aliphatic rings. The number of anilines is 2. The second-order valence-electron chi connectivity index (χ2n) is 10.4. The monoisotopic (exact) mass is 648 g/mol. The maximum atomic E-state index is 13.8. The van der Waals surface area contributed by atoms with Gasteiger partial charge in [0.25, 0.3) is 11.8 Å². The van der Waals surface area contributed by atoms with Crippen LogP contribution in [0.4, 0.5) is 11.4 Å². The van der Waals surface area contributed by atoms with Crippen LogP contribution in [0.2, 0.25) is 0 Å². The third-order valence-corrected chi connectivity index (χ3v) is 7.00. The van der Waals surface area contributed by atoms with E-state index in [2.05, 4.69) is 10.6 Å². The van der Waals surface area contributed by atoms with Crippen molar-refractivity contribution < 1.29 is 49.1 Å². The van der Waals surface area contributed by atoms with Crippen molar-refractivity contribution in [1.82, 2.24) is 0 Å². The fraction of sp³-hybridized carbons (Fsp3) is 0.0556. The van der Waals surface area contributed by atoms with Crippen molar-refractivity contribution in [1.29, 1.82) is 0 Å². The number of benzene rings is 5. The predicted octanol–water partition coefficient (Wildman–Crippen LogP) is 6.16. The first-order valence-corrected chi connectivity index (χ1v) is 14.4. The Morgan fingerprint density at radius 2 is 0.938 bits per heavy atom. The lowest BCUT2D eigenvalue weighted by Crippen LogP contribution is -2.19. The van der Waals surface area contributed by atoms with Gasteiger partial charge in [-0.1, -0.05) is 60.7 Å². The molecular formula is C36H28N2O10. The van der Waals surface area contributed by atoms with E-state index >= 15 is 0 Å². The molecule has 242 valence electrons. The van der Waals surface area contributed by atoms with Crippen molar-refractivity contribution in [2.45, 2.75) is 13.2 Å². The minimum absolute atomic E-state index is 0.0381. The Morgan fingerprint density at radius 3 is 1.35 bits per heavy atom. The summed E-state index contributed by atoms with van der Waals surface area (Å²) >= 11 is 0. The van der Waals surface area contributed by atoms with Crippen LogP contribution >= 0.6 is 0 Å². The highest BCUT2D eigenvalue weighted by Gasteiger charge is 2.25. The van der Waals surface area contributed by atoms with Crippen LogP contribution < -0.4 is 20.1 Å². The number of carbonyl (C=O) groups is 4. The van der Waals surface area contributed by atoms with Crippen molar-refractivity contribution in [3.8, 4) is 23.0 Å². The number of hydrogen-bond donors (Lipinski definition) is 6. The first kappa shape index (κ1) is 32.6. The fourth-order valence-corrected chi connectivity index (χ4v) is 4.62. The van der Waals surface area contributed by atoms with Crippen LogP contribution in [-0.4, -0.2) is 44.2 Å². The lowest BCUT2D eigenvalue weighted by Gasteiger charge is -2.19. The molecule has 0 radical (unpaired) electrons.